The van der Waals surface area contributed by atoms with E-state index in [4.69, 9.17) is 4.74 Å². The van der Waals surface area contributed by atoms with E-state index in [1.165, 1.54) is 12.8 Å². The van der Waals surface area contributed by atoms with Crippen molar-refractivity contribution in [2.75, 3.05) is 30.3 Å². The van der Waals surface area contributed by atoms with Gasteiger partial charge in [0.25, 0.3) is 5.91 Å². The minimum atomic E-state index is -0.283. The molecule has 2 saturated heterocycles. The van der Waals surface area contributed by atoms with Crippen LogP contribution in [-0.2, 0) is 9.53 Å². The van der Waals surface area contributed by atoms with Crippen LogP contribution in [0.4, 0.5) is 11.4 Å². The summed E-state index contributed by atoms with van der Waals surface area (Å²) in [5.41, 5.74) is 1.95. The molecule has 132 valence electrons. The lowest BCUT2D eigenvalue weighted by molar-refractivity contribution is -0.124. The number of benzene rings is 1. The molecule has 2 N–H and O–H groups in total. The molecule has 1 aromatic carbocycles. The maximum absolute atomic E-state index is 12.0. The third-order valence-corrected chi connectivity index (χ3v) is 5.01. The summed E-state index contributed by atoms with van der Waals surface area (Å²) in [4.78, 5) is 14.6. The Morgan fingerprint density at radius 3 is 2.38 bits per heavy atom. The van der Waals surface area contributed by atoms with Crippen LogP contribution < -0.4 is 10.6 Å². The molecule has 2 heterocycles. The van der Waals surface area contributed by atoms with Gasteiger partial charge in [0.05, 0.1) is 0 Å². The van der Waals surface area contributed by atoms with Gasteiger partial charge in [-0.05, 0) is 63.8 Å². The van der Waals surface area contributed by atoms with Crippen LogP contribution in [0.3, 0.4) is 0 Å². The summed E-state index contributed by atoms with van der Waals surface area (Å²) >= 11 is 0. The van der Waals surface area contributed by atoms with Crippen molar-refractivity contribution in [1.29, 1.82) is 0 Å². The van der Waals surface area contributed by atoms with E-state index >= 15 is 0 Å². The van der Waals surface area contributed by atoms with Gasteiger partial charge in [0.15, 0.2) is 0 Å². The Balaban J connectivity index is 1.47. The number of carbonyl (C=O) groups excluding carboxylic acids is 1. The first-order chi connectivity index (χ1) is 11.6. The van der Waals surface area contributed by atoms with Crippen LogP contribution in [0, 0.1) is 0 Å². The SMILES string of the molecule is CC(C)N1CCC(Nc2ccc(NC(=O)C3CCCO3)cc2)CC1. The number of rotatable bonds is 5. The van der Waals surface area contributed by atoms with E-state index in [2.05, 4.69) is 29.4 Å². The Labute approximate surface area is 144 Å². The fourth-order valence-electron chi connectivity index (χ4n) is 3.45. The second-order valence-electron chi connectivity index (χ2n) is 7.12. The fourth-order valence-corrected chi connectivity index (χ4v) is 3.45. The second kappa shape index (κ2) is 7.99. The predicted octanol–water partition coefficient (Wildman–Crippen LogP) is 3.09. The number of piperidine rings is 1. The summed E-state index contributed by atoms with van der Waals surface area (Å²) in [5, 5.41) is 6.55. The summed E-state index contributed by atoms with van der Waals surface area (Å²) in [7, 11) is 0. The topological polar surface area (TPSA) is 53.6 Å². The average Bonchev–Trinajstić information content (AvgIpc) is 3.12. The number of likely N-dealkylation sites (tertiary alicyclic amines) is 1. The molecule has 1 amide bonds. The average molecular weight is 331 g/mol. The molecule has 1 atom stereocenters. The van der Waals surface area contributed by atoms with E-state index in [1.54, 1.807) is 0 Å². The van der Waals surface area contributed by atoms with E-state index in [1.807, 2.05) is 24.3 Å². The first kappa shape index (κ1) is 17.2. The molecule has 24 heavy (non-hydrogen) atoms. The van der Waals surface area contributed by atoms with Crippen LogP contribution in [0.1, 0.15) is 39.5 Å². The van der Waals surface area contributed by atoms with Crippen LogP contribution in [0.25, 0.3) is 0 Å². The Morgan fingerprint density at radius 2 is 1.79 bits per heavy atom. The maximum atomic E-state index is 12.0. The molecule has 2 fully saturated rings. The van der Waals surface area contributed by atoms with Gasteiger partial charge in [-0.1, -0.05) is 0 Å². The van der Waals surface area contributed by atoms with Gasteiger partial charge in [-0.15, -0.1) is 0 Å². The van der Waals surface area contributed by atoms with Crippen molar-refractivity contribution in [3.8, 4) is 0 Å². The van der Waals surface area contributed by atoms with Crippen LogP contribution in [-0.4, -0.2) is 48.7 Å². The number of amides is 1. The van der Waals surface area contributed by atoms with Crippen molar-refractivity contribution in [3.63, 3.8) is 0 Å². The van der Waals surface area contributed by atoms with Crippen LogP contribution >= 0.6 is 0 Å². The number of nitrogens with zero attached hydrogens (tertiary/aromatic N) is 1. The van der Waals surface area contributed by atoms with Crippen molar-refractivity contribution < 1.29 is 9.53 Å². The molecule has 5 heteroatoms. The minimum absolute atomic E-state index is 0.0331. The molecule has 1 aromatic rings. The molecule has 2 aliphatic heterocycles. The molecule has 2 aliphatic rings. The lowest BCUT2D eigenvalue weighted by atomic mass is 10.0. The summed E-state index contributed by atoms with van der Waals surface area (Å²) < 4.78 is 5.41. The summed E-state index contributed by atoms with van der Waals surface area (Å²) in [6.07, 6.45) is 3.86. The van der Waals surface area contributed by atoms with Crippen LogP contribution in [0.2, 0.25) is 0 Å². The van der Waals surface area contributed by atoms with E-state index in [0.29, 0.717) is 18.7 Å². The molecule has 3 rings (SSSR count). The highest BCUT2D eigenvalue weighted by Crippen LogP contribution is 2.20. The van der Waals surface area contributed by atoms with Gasteiger partial charge in [-0.2, -0.15) is 0 Å². The third kappa shape index (κ3) is 4.48. The van der Waals surface area contributed by atoms with Gasteiger partial charge in [-0.3, -0.25) is 4.79 Å². The van der Waals surface area contributed by atoms with Gasteiger partial charge in [0.2, 0.25) is 0 Å². The van der Waals surface area contributed by atoms with Gasteiger partial charge in [0.1, 0.15) is 6.10 Å². The quantitative estimate of drug-likeness (QED) is 0.870. The Morgan fingerprint density at radius 1 is 1.12 bits per heavy atom. The number of hydrogen-bond acceptors (Lipinski definition) is 4. The first-order valence-electron chi connectivity index (χ1n) is 9.15. The van der Waals surface area contributed by atoms with Crippen molar-refractivity contribution in [3.05, 3.63) is 24.3 Å². The van der Waals surface area contributed by atoms with Gasteiger partial charge < -0.3 is 20.3 Å². The minimum Gasteiger partial charge on any atom is -0.382 e. The Kier molecular flexibility index (Phi) is 5.74. The Bertz CT molecular complexity index is 530. The first-order valence-corrected chi connectivity index (χ1v) is 9.15. The van der Waals surface area contributed by atoms with E-state index in [9.17, 15) is 4.79 Å². The number of ether oxygens (including phenoxy) is 1. The van der Waals surface area contributed by atoms with Gasteiger partial charge in [-0.25, -0.2) is 0 Å². The van der Waals surface area contributed by atoms with Crippen molar-refractivity contribution >= 4 is 17.3 Å². The van der Waals surface area contributed by atoms with Crippen LogP contribution in [0.5, 0.6) is 0 Å². The molecule has 1 unspecified atom stereocenters. The van der Waals surface area contributed by atoms with Gasteiger partial charge >= 0.3 is 0 Å². The summed E-state index contributed by atoms with van der Waals surface area (Å²) in [6, 6.07) is 9.17. The molecule has 0 bridgehead atoms. The molecule has 0 spiro atoms. The zero-order valence-electron chi connectivity index (χ0n) is 14.8. The highest BCUT2D eigenvalue weighted by Gasteiger charge is 2.23. The van der Waals surface area contributed by atoms with Crippen LogP contribution in [0.15, 0.2) is 24.3 Å². The lowest BCUT2D eigenvalue weighted by Gasteiger charge is -2.35. The van der Waals surface area contributed by atoms with E-state index < -0.39 is 0 Å². The zero-order chi connectivity index (χ0) is 16.9. The molecule has 5 nitrogen and oxygen atoms in total. The highest BCUT2D eigenvalue weighted by atomic mass is 16.5. The zero-order valence-corrected chi connectivity index (χ0v) is 14.8. The van der Waals surface area contributed by atoms with E-state index in [-0.39, 0.29) is 12.0 Å². The standard InChI is InChI=1S/C19H29N3O2/c1-14(2)22-11-9-17(10-12-22)20-15-5-7-16(8-6-15)21-19(23)18-4-3-13-24-18/h5-8,14,17-18,20H,3-4,9-13H2,1-2H3,(H,21,23). The normalized spacial score (nSPS) is 22.7. The fraction of sp³-hybridized carbons (Fsp3) is 0.632. The second-order valence-corrected chi connectivity index (χ2v) is 7.12. The molecular formula is C19H29N3O2. The molecule has 0 aliphatic carbocycles. The van der Waals surface area contributed by atoms with Crippen molar-refractivity contribution in [1.82, 2.24) is 4.90 Å². The third-order valence-electron chi connectivity index (χ3n) is 5.01. The molecule has 0 aromatic heterocycles. The highest BCUT2D eigenvalue weighted by molar-refractivity contribution is 5.94. The maximum Gasteiger partial charge on any atom is 0.253 e. The number of nitrogens with one attached hydrogen (secondary N) is 2. The predicted molar refractivity (Wildman–Crippen MR) is 97.4 cm³/mol. The number of hydrogen-bond donors (Lipinski definition) is 2. The lowest BCUT2D eigenvalue weighted by Crippen LogP contribution is -2.42. The Hall–Kier alpha value is -1.59. The van der Waals surface area contributed by atoms with Crippen molar-refractivity contribution in [2.45, 2.75) is 57.7 Å². The monoisotopic (exact) mass is 331 g/mol. The van der Waals surface area contributed by atoms with Gasteiger partial charge in [0, 0.05) is 43.2 Å². The molecular weight excluding hydrogens is 302 g/mol. The number of anilines is 2. The number of carbonyl (C=O) groups is 1. The largest absolute Gasteiger partial charge is 0.382 e. The molecule has 0 radical (unpaired) electrons. The molecule has 0 saturated carbocycles. The summed E-state index contributed by atoms with van der Waals surface area (Å²) in [5.74, 6) is -0.0331. The smallest absolute Gasteiger partial charge is 0.253 e. The van der Waals surface area contributed by atoms with E-state index in [0.717, 1.165) is 37.3 Å². The summed E-state index contributed by atoms with van der Waals surface area (Å²) in [6.45, 7) is 7.53. The van der Waals surface area contributed by atoms with Crippen molar-refractivity contribution in [2.24, 2.45) is 0 Å².